The first-order valence-corrected chi connectivity index (χ1v) is 6.54. The number of fused-ring (bicyclic) bond motifs is 1. The van der Waals surface area contributed by atoms with Gasteiger partial charge in [0.15, 0.2) is 5.78 Å². The van der Waals surface area contributed by atoms with E-state index in [4.69, 9.17) is 5.11 Å². The lowest BCUT2D eigenvalue weighted by molar-refractivity contribution is 0.0988. The molecule has 0 saturated carbocycles. The summed E-state index contributed by atoms with van der Waals surface area (Å²) in [6.45, 7) is 2.62. The van der Waals surface area contributed by atoms with E-state index in [1.54, 1.807) is 0 Å². The topological polar surface area (TPSA) is 40.5 Å². The predicted octanol–water partition coefficient (Wildman–Crippen LogP) is 2.86. The molecule has 1 N–H and O–H groups in total. The van der Waals surface area contributed by atoms with Gasteiger partial charge in [-0.05, 0) is 29.0 Å². The molecule has 2 aromatic carbocycles. The van der Waals surface area contributed by atoms with E-state index in [1.807, 2.05) is 49.2 Å². The Morgan fingerprint density at radius 3 is 2.53 bits per heavy atom. The van der Waals surface area contributed by atoms with Crippen LogP contribution in [0.4, 0.5) is 5.69 Å². The monoisotopic (exact) mass is 257 g/mol. The summed E-state index contributed by atoms with van der Waals surface area (Å²) in [5, 5.41) is 11.1. The smallest absolute Gasteiger partial charge is 0.162 e. The first-order chi connectivity index (χ1) is 9.15. The predicted molar refractivity (Wildman–Crippen MR) is 78.9 cm³/mol. The molecule has 0 spiro atoms. The Kier molecular flexibility index (Phi) is 4.17. The van der Waals surface area contributed by atoms with Gasteiger partial charge >= 0.3 is 0 Å². The van der Waals surface area contributed by atoms with Gasteiger partial charge in [0.2, 0.25) is 0 Å². The standard InChI is InChI=1S/C16H19NO2/c1-3-16(19)14-5-4-13-11-15(17(2)8-9-18)7-6-12(13)10-14/h4-7,10-11,18H,3,8-9H2,1-2H3. The van der Waals surface area contributed by atoms with Crippen LogP contribution in [0.3, 0.4) is 0 Å². The Morgan fingerprint density at radius 2 is 1.84 bits per heavy atom. The van der Waals surface area contributed by atoms with E-state index in [0.29, 0.717) is 13.0 Å². The molecule has 0 heterocycles. The molecule has 2 aromatic rings. The number of carbonyl (C=O) groups is 1. The number of Topliss-reactive ketones (excluding diaryl/α,β-unsaturated/α-hetero) is 1. The quantitative estimate of drug-likeness (QED) is 0.837. The fourth-order valence-corrected chi connectivity index (χ4v) is 2.13. The lowest BCUT2D eigenvalue weighted by Gasteiger charge is -2.18. The first-order valence-electron chi connectivity index (χ1n) is 6.54. The minimum Gasteiger partial charge on any atom is -0.395 e. The third-order valence-electron chi connectivity index (χ3n) is 3.34. The summed E-state index contributed by atoms with van der Waals surface area (Å²) in [6, 6.07) is 11.9. The van der Waals surface area contributed by atoms with Gasteiger partial charge in [-0.2, -0.15) is 0 Å². The normalized spacial score (nSPS) is 10.7. The van der Waals surface area contributed by atoms with Crippen molar-refractivity contribution in [3.05, 3.63) is 42.0 Å². The molecule has 100 valence electrons. The van der Waals surface area contributed by atoms with Crippen LogP contribution in [0, 0.1) is 0 Å². The van der Waals surface area contributed by atoms with Crippen molar-refractivity contribution in [1.82, 2.24) is 0 Å². The van der Waals surface area contributed by atoms with E-state index >= 15 is 0 Å². The summed E-state index contributed by atoms with van der Waals surface area (Å²) < 4.78 is 0. The lowest BCUT2D eigenvalue weighted by Crippen LogP contribution is -2.20. The number of hydrogen-bond donors (Lipinski definition) is 1. The number of anilines is 1. The highest BCUT2D eigenvalue weighted by Crippen LogP contribution is 2.23. The molecule has 0 fully saturated rings. The summed E-state index contributed by atoms with van der Waals surface area (Å²) in [7, 11) is 1.95. The summed E-state index contributed by atoms with van der Waals surface area (Å²) >= 11 is 0. The van der Waals surface area contributed by atoms with Gasteiger partial charge in [-0.25, -0.2) is 0 Å². The molecule has 0 aliphatic heterocycles. The highest BCUT2D eigenvalue weighted by atomic mass is 16.3. The second-order valence-corrected chi connectivity index (χ2v) is 4.67. The minimum absolute atomic E-state index is 0.137. The third-order valence-corrected chi connectivity index (χ3v) is 3.34. The number of hydrogen-bond acceptors (Lipinski definition) is 3. The van der Waals surface area contributed by atoms with Crippen molar-refractivity contribution in [1.29, 1.82) is 0 Å². The van der Waals surface area contributed by atoms with E-state index in [-0.39, 0.29) is 12.4 Å². The zero-order valence-electron chi connectivity index (χ0n) is 11.4. The van der Waals surface area contributed by atoms with Gasteiger partial charge in [0.05, 0.1) is 6.61 Å². The zero-order chi connectivity index (χ0) is 13.8. The molecule has 0 bridgehead atoms. The molecule has 0 aliphatic rings. The molecule has 2 rings (SSSR count). The summed E-state index contributed by atoms with van der Waals surface area (Å²) in [6.07, 6.45) is 0.531. The van der Waals surface area contributed by atoms with Crippen LogP contribution in [0.15, 0.2) is 36.4 Å². The van der Waals surface area contributed by atoms with Crippen molar-refractivity contribution < 1.29 is 9.90 Å². The zero-order valence-corrected chi connectivity index (χ0v) is 11.4. The number of nitrogens with zero attached hydrogens (tertiary/aromatic N) is 1. The van der Waals surface area contributed by atoms with Crippen LogP contribution in [-0.4, -0.2) is 31.1 Å². The van der Waals surface area contributed by atoms with Gasteiger partial charge in [-0.15, -0.1) is 0 Å². The Bertz CT molecular complexity index is 592. The molecular weight excluding hydrogens is 238 g/mol. The maximum absolute atomic E-state index is 11.7. The highest BCUT2D eigenvalue weighted by molar-refractivity contribution is 6.00. The van der Waals surface area contributed by atoms with Crippen molar-refractivity contribution >= 4 is 22.2 Å². The number of aliphatic hydroxyl groups excluding tert-OH is 1. The SMILES string of the molecule is CCC(=O)c1ccc2cc(N(C)CCO)ccc2c1. The molecule has 19 heavy (non-hydrogen) atoms. The average molecular weight is 257 g/mol. The summed E-state index contributed by atoms with van der Waals surface area (Å²) in [5.74, 6) is 0.170. The molecule has 0 atom stereocenters. The van der Waals surface area contributed by atoms with Crippen molar-refractivity contribution in [2.24, 2.45) is 0 Å². The molecular formula is C16H19NO2. The van der Waals surface area contributed by atoms with E-state index in [1.165, 1.54) is 0 Å². The number of likely N-dealkylation sites (N-methyl/N-ethyl adjacent to an activating group) is 1. The van der Waals surface area contributed by atoms with E-state index < -0.39 is 0 Å². The van der Waals surface area contributed by atoms with Crippen LogP contribution in [0.2, 0.25) is 0 Å². The summed E-state index contributed by atoms with van der Waals surface area (Å²) in [4.78, 5) is 13.7. The van der Waals surface area contributed by atoms with Crippen molar-refractivity contribution in [2.75, 3.05) is 25.1 Å². The molecule has 3 heteroatoms. The van der Waals surface area contributed by atoms with E-state index in [0.717, 1.165) is 22.0 Å². The van der Waals surface area contributed by atoms with Crippen molar-refractivity contribution in [2.45, 2.75) is 13.3 Å². The fraction of sp³-hybridized carbons (Fsp3) is 0.312. The summed E-state index contributed by atoms with van der Waals surface area (Å²) in [5.41, 5.74) is 1.84. The van der Waals surface area contributed by atoms with Crippen molar-refractivity contribution in [3.8, 4) is 0 Å². The highest BCUT2D eigenvalue weighted by Gasteiger charge is 2.05. The molecule has 0 aliphatic carbocycles. The van der Waals surface area contributed by atoms with Gasteiger partial charge in [0.1, 0.15) is 0 Å². The first kappa shape index (κ1) is 13.6. The van der Waals surface area contributed by atoms with Gasteiger partial charge in [-0.1, -0.05) is 25.1 Å². The van der Waals surface area contributed by atoms with Crippen LogP contribution < -0.4 is 4.90 Å². The van der Waals surface area contributed by atoms with Crippen LogP contribution in [-0.2, 0) is 0 Å². The molecule has 0 aromatic heterocycles. The van der Waals surface area contributed by atoms with Gasteiger partial charge in [0.25, 0.3) is 0 Å². The number of carbonyl (C=O) groups excluding carboxylic acids is 1. The molecule has 0 saturated heterocycles. The third kappa shape index (κ3) is 2.93. The maximum Gasteiger partial charge on any atom is 0.162 e. The number of ketones is 1. The molecule has 0 unspecified atom stereocenters. The maximum atomic E-state index is 11.7. The Morgan fingerprint density at radius 1 is 1.16 bits per heavy atom. The van der Waals surface area contributed by atoms with Crippen LogP contribution in [0.1, 0.15) is 23.7 Å². The van der Waals surface area contributed by atoms with Gasteiger partial charge in [-0.3, -0.25) is 4.79 Å². The minimum atomic E-state index is 0.137. The molecule has 0 radical (unpaired) electrons. The van der Waals surface area contributed by atoms with Gasteiger partial charge < -0.3 is 10.0 Å². The number of rotatable bonds is 5. The fourth-order valence-electron chi connectivity index (χ4n) is 2.13. The number of benzene rings is 2. The average Bonchev–Trinajstić information content (AvgIpc) is 2.45. The van der Waals surface area contributed by atoms with Crippen LogP contribution in [0.5, 0.6) is 0 Å². The molecule has 0 amide bonds. The van der Waals surface area contributed by atoms with E-state index in [2.05, 4.69) is 6.07 Å². The van der Waals surface area contributed by atoms with Gasteiger partial charge in [0, 0.05) is 31.3 Å². The van der Waals surface area contributed by atoms with E-state index in [9.17, 15) is 4.79 Å². The van der Waals surface area contributed by atoms with Crippen LogP contribution >= 0.6 is 0 Å². The lowest BCUT2D eigenvalue weighted by atomic mass is 10.0. The van der Waals surface area contributed by atoms with Crippen molar-refractivity contribution in [3.63, 3.8) is 0 Å². The second kappa shape index (κ2) is 5.85. The van der Waals surface area contributed by atoms with Crippen LogP contribution in [0.25, 0.3) is 10.8 Å². The largest absolute Gasteiger partial charge is 0.395 e. The number of aliphatic hydroxyl groups is 1. The Hall–Kier alpha value is -1.87. The Balaban J connectivity index is 2.37. The second-order valence-electron chi connectivity index (χ2n) is 4.67. The molecule has 3 nitrogen and oxygen atoms in total. The Labute approximate surface area is 113 Å².